The fourth-order valence-corrected chi connectivity index (χ4v) is 1.52. The first-order valence-electron chi connectivity index (χ1n) is 5.27. The lowest BCUT2D eigenvalue weighted by Gasteiger charge is -2.07. The smallest absolute Gasteiger partial charge is 0.248 e. The molecule has 0 bridgehead atoms. The van der Waals surface area contributed by atoms with E-state index >= 15 is 0 Å². The standard InChI is InChI=1S/C12H10ClN5O/c1-7(10(14)19)8-3-2-4-9(5-8)17-12-16-6-15-11(13)18-12/h2-6H,1H2,(H2,14,19)(H,15,16,17,18). The van der Waals surface area contributed by atoms with Crippen LogP contribution in [-0.2, 0) is 4.79 Å². The molecule has 0 aliphatic heterocycles. The summed E-state index contributed by atoms with van der Waals surface area (Å²) in [6.07, 6.45) is 1.30. The fourth-order valence-electron chi connectivity index (χ4n) is 1.39. The third-order valence-electron chi connectivity index (χ3n) is 2.31. The molecule has 6 nitrogen and oxygen atoms in total. The Balaban J connectivity index is 2.24. The molecule has 0 saturated heterocycles. The summed E-state index contributed by atoms with van der Waals surface area (Å²) in [5, 5.41) is 3.03. The Morgan fingerprint density at radius 1 is 1.37 bits per heavy atom. The van der Waals surface area contributed by atoms with Crippen molar-refractivity contribution in [3.63, 3.8) is 0 Å². The molecule has 0 spiro atoms. The predicted molar refractivity (Wildman–Crippen MR) is 72.8 cm³/mol. The average molecular weight is 276 g/mol. The van der Waals surface area contributed by atoms with Crippen LogP contribution in [0.1, 0.15) is 5.56 Å². The van der Waals surface area contributed by atoms with E-state index in [-0.39, 0.29) is 10.9 Å². The largest absolute Gasteiger partial charge is 0.366 e. The summed E-state index contributed by atoms with van der Waals surface area (Å²) in [5.41, 5.74) is 6.72. The van der Waals surface area contributed by atoms with Crippen LogP contribution in [0.2, 0.25) is 5.28 Å². The van der Waals surface area contributed by atoms with E-state index in [2.05, 4.69) is 26.8 Å². The summed E-state index contributed by atoms with van der Waals surface area (Å²) in [7, 11) is 0. The van der Waals surface area contributed by atoms with E-state index in [1.807, 2.05) is 0 Å². The van der Waals surface area contributed by atoms with Gasteiger partial charge in [0, 0.05) is 11.3 Å². The fraction of sp³-hybridized carbons (Fsp3) is 0. The summed E-state index contributed by atoms with van der Waals surface area (Å²) in [5.74, 6) is -0.262. The number of hydrogen-bond donors (Lipinski definition) is 2. The van der Waals surface area contributed by atoms with Crippen LogP contribution in [0.4, 0.5) is 11.6 Å². The van der Waals surface area contributed by atoms with E-state index in [0.717, 1.165) is 0 Å². The van der Waals surface area contributed by atoms with Crippen molar-refractivity contribution >= 4 is 34.7 Å². The van der Waals surface area contributed by atoms with Gasteiger partial charge in [-0.3, -0.25) is 4.79 Å². The molecular formula is C12H10ClN5O. The van der Waals surface area contributed by atoms with Gasteiger partial charge >= 0.3 is 0 Å². The number of nitrogens with two attached hydrogens (primary N) is 1. The molecule has 0 aliphatic rings. The van der Waals surface area contributed by atoms with Gasteiger partial charge in [-0.2, -0.15) is 4.98 Å². The van der Waals surface area contributed by atoms with Crippen molar-refractivity contribution in [3.05, 3.63) is 48.0 Å². The normalized spacial score (nSPS) is 9.95. The molecule has 3 N–H and O–H groups in total. The molecule has 0 fully saturated rings. The first-order chi connectivity index (χ1) is 9.06. The number of carbonyl (C=O) groups is 1. The van der Waals surface area contributed by atoms with Gasteiger partial charge in [0.05, 0.1) is 0 Å². The van der Waals surface area contributed by atoms with Gasteiger partial charge in [-0.1, -0.05) is 18.7 Å². The van der Waals surface area contributed by atoms with E-state index in [1.54, 1.807) is 24.3 Å². The van der Waals surface area contributed by atoms with Crippen LogP contribution in [0.15, 0.2) is 37.2 Å². The first kappa shape index (κ1) is 13.0. The number of nitrogens with one attached hydrogen (secondary N) is 1. The Morgan fingerprint density at radius 3 is 2.84 bits per heavy atom. The van der Waals surface area contributed by atoms with Gasteiger partial charge in [-0.25, -0.2) is 9.97 Å². The second-order valence-electron chi connectivity index (χ2n) is 3.63. The highest BCUT2D eigenvalue weighted by atomic mass is 35.5. The first-order valence-corrected chi connectivity index (χ1v) is 5.65. The molecule has 1 aromatic carbocycles. The molecular weight excluding hydrogens is 266 g/mol. The average Bonchev–Trinajstić information content (AvgIpc) is 2.38. The number of carbonyl (C=O) groups excluding carboxylic acids is 1. The van der Waals surface area contributed by atoms with Crippen LogP contribution < -0.4 is 11.1 Å². The highest BCUT2D eigenvalue weighted by Gasteiger charge is 2.06. The van der Waals surface area contributed by atoms with E-state index in [9.17, 15) is 4.79 Å². The van der Waals surface area contributed by atoms with E-state index < -0.39 is 5.91 Å². The van der Waals surface area contributed by atoms with E-state index in [1.165, 1.54) is 6.33 Å². The van der Waals surface area contributed by atoms with E-state index in [4.69, 9.17) is 17.3 Å². The van der Waals surface area contributed by atoms with Gasteiger partial charge < -0.3 is 11.1 Å². The molecule has 0 radical (unpaired) electrons. The summed E-state index contributed by atoms with van der Waals surface area (Å²) in [4.78, 5) is 22.6. The van der Waals surface area contributed by atoms with Crippen molar-refractivity contribution in [2.24, 2.45) is 5.73 Å². The molecule has 1 amide bonds. The Hall–Kier alpha value is -2.47. The van der Waals surface area contributed by atoms with Crippen molar-refractivity contribution in [1.82, 2.24) is 15.0 Å². The van der Waals surface area contributed by atoms with Gasteiger partial charge in [0.25, 0.3) is 0 Å². The van der Waals surface area contributed by atoms with Gasteiger partial charge in [-0.05, 0) is 29.3 Å². The van der Waals surface area contributed by atoms with Crippen LogP contribution in [0.25, 0.3) is 5.57 Å². The molecule has 2 rings (SSSR count). The number of halogens is 1. The van der Waals surface area contributed by atoms with Gasteiger partial charge in [-0.15, -0.1) is 0 Å². The molecule has 96 valence electrons. The topological polar surface area (TPSA) is 93.8 Å². The van der Waals surface area contributed by atoms with Crippen molar-refractivity contribution in [2.45, 2.75) is 0 Å². The third-order valence-corrected chi connectivity index (χ3v) is 2.49. The van der Waals surface area contributed by atoms with Crippen LogP contribution >= 0.6 is 11.6 Å². The monoisotopic (exact) mass is 275 g/mol. The number of nitrogens with zero attached hydrogens (tertiary/aromatic N) is 3. The summed E-state index contributed by atoms with van der Waals surface area (Å²) >= 11 is 5.66. The lowest BCUT2D eigenvalue weighted by atomic mass is 10.1. The van der Waals surface area contributed by atoms with Crippen LogP contribution in [0.3, 0.4) is 0 Å². The lowest BCUT2D eigenvalue weighted by Crippen LogP contribution is -2.12. The third kappa shape index (κ3) is 3.26. The highest BCUT2D eigenvalue weighted by molar-refractivity contribution is 6.28. The second kappa shape index (κ2) is 5.45. The van der Waals surface area contributed by atoms with Gasteiger partial charge in [0.15, 0.2) is 0 Å². The molecule has 2 aromatic rings. The van der Waals surface area contributed by atoms with Gasteiger partial charge in [0.2, 0.25) is 17.1 Å². The molecule has 0 unspecified atom stereocenters. The molecule has 7 heteroatoms. The number of amides is 1. The molecule has 0 atom stereocenters. The Kier molecular flexibility index (Phi) is 3.72. The molecule has 19 heavy (non-hydrogen) atoms. The second-order valence-corrected chi connectivity index (χ2v) is 3.96. The van der Waals surface area contributed by atoms with E-state index in [0.29, 0.717) is 17.2 Å². The zero-order valence-electron chi connectivity index (χ0n) is 9.80. The van der Waals surface area contributed by atoms with Crippen LogP contribution in [0.5, 0.6) is 0 Å². The Labute approximate surface area is 114 Å². The summed E-state index contributed by atoms with van der Waals surface area (Å²) < 4.78 is 0. The quantitative estimate of drug-likeness (QED) is 0.829. The van der Waals surface area contributed by atoms with Crippen molar-refractivity contribution in [1.29, 1.82) is 0 Å². The zero-order valence-corrected chi connectivity index (χ0v) is 10.6. The maximum Gasteiger partial charge on any atom is 0.248 e. The summed E-state index contributed by atoms with van der Waals surface area (Å²) in [6.45, 7) is 3.62. The van der Waals surface area contributed by atoms with Crippen LogP contribution in [-0.4, -0.2) is 20.9 Å². The lowest BCUT2D eigenvalue weighted by molar-refractivity contribution is -0.112. The molecule has 0 aliphatic carbocycles. The maximum absolute atomic E-state index is 11.1. The minimum atomic E-state index is -0.569. The number of benzene rings is 1. The Morgan fingerprint density at radius 2 is 2.16 bits per heavy atom. The summed E-state index contributed by atoms with van der Waals surface area (Å²) in [6, 6.07) is 6.99. The molecule has 0 saturated carbocycles. The molecule has 1 heterocycles. The van der Waals surface area contributed by atoms with Crippen molar-refractivity contribution in [3.8, 4) is 0 Å². The number of rotatable bonds is 4. The number of aromatic nitrogens is 3. The molecule has 1 aromatic heterocycles. The number of anilines is 2. The van der Waals surface area contributed by atoms with Crippen molar-refractivity contribution in [2.75, 3.05) is 5.32 Å². The maximum atomic E-state index is 11.1. The van der Waals surface area contributed by atoms with Crippen LogP contribution in [0, 0.1) is 0 Å². The predicted octanol–water partition coefficient (Wildman–Crippen LogP) is 1.77. The van der Waals surface area contributed by atoms with Gasteiger partial charge in [0.1, 0.15) is 6.33 Å². The zero-order chi connectivity index (χ0) is 13.8. The SMILES string of the molecule is C=C(C(N)=O)c1cccc(Nc2ncnc(Cl)n2)c1. The highest BCUT2D eigenvalue weighted by Crippen LogP contribution is 2.19. The minimum Gasteiger partial charge on any atom is -0.366 e. The van der Waals surface area contributed by atoms with Crippen molar-refractivity contribution < 1.29 is 4.79 Å². The minimum absolute atomic E-state index is 0.0928. The number of hydrogen-bond acceptors (Lipinski definition) is 5. The number of primary amides is 1. The Bertz CT molecular complexity index is 644.